The summed E-state index contributed by atoms with van der Waals surface area (Å²) >= 11 is 0. The fourth-order valence-electron chi connectivity index (χ4n) is 5.49. The van der Waals surface area contributed by atoms with Crippen LogP contribution in [0.15, 0.2) is 103 Å². The normalized spacial score (nSPS) is 21.6. The van der Waals surface area contributed by atoms with Gasteiger partial charge in [-0.25, -0.2) is 0 Å². The van der Waals surface area contributed by atoms with E-state index in [9.17, 15) is 15.3 Å². The summed E-state index contributed by atoms with van der Waals surface area (Å²) in [6.45, 7) is 1.32. The van der Waals surface area contributed by atoms with E-state index in [2.05, 4.69) is 17.0 Å². The molecule has 7 nitrogen and oxygen atoms in total. The number of aliphatic hydroxyl groups is 2. The van der Waals surface area contributed by atoms with Crippen molar-refractivity contribution in [2.45, 2.75) is 43.7 Å². The second kappa shape index (κ2) is 13.4. The molecule has 0 saturated carbocycles. The van der Waals surface area contributed by atoms with Gasteiger partial charge in [-0.05, 0) is 47.0 Å². The van der Waals surface area contributed by atoms with Crippen molar-refractivity contribution in [2.24, 2.45) is 5.73 Å². The number of hydrogen-bond acceptors (Lipinski definition) is 7. The van der Waals surface area contributed by atoms with Crippen molar-refractivity contribution < 1.29 is 24.8 Å². The van der Waals surface area contributed by atoms with Crippen molar-refractivity contribution in [2.75, 3.05) is 20.1 Å². The van der Waals surface area contributed by atoms with Gasteiger partial charge in [0.2, 0.25) is 0 Å². The van der Waals surface area contributed by atoms with Crippen molar-refractivity contribution in [3.8, 4) is 5.75 Å². The van der Waals surface area contributed by atoms with Gasteiger partial charge >= 0.3 is 0 Å². The highest BCUT2D eigenvalue weighted by Gasteiger charge is 2.42. The number of phenols is 1. The second-order valence-electron chi connectivity index (χ2n) is 10.7. The Hall–Kier alpha value is -3.56. The number of aliphatic hydroxyl groups excluding tert-OH is 2. The van der Waals surface area contributed by atoms with Crippen LogP contribution < -0.4 is 5.73 Å². The molecule has 1 heterocycles. The highest BCUT2D eigenvalue weighted by molar-refractivity contribution is 5.32. The Morgan fingerprint density at radius 3 is 2.15 bits per heavy atom. The fraction of sp³-hybridized carbons (Fsp3) is 0.294. The number of nitrogens with zero attached hydrogens (tertiary/aromatic N) is 1. The van der Waals surface area contributed by atoms with Gasteiger partial charge < -0.3 is 35.4 Å². The monoisotopic (exact) mass is 554 g/mol. The van der Waals surface area contributed by atoms with E-state index in [-0.39, 0.29) is 30.5 Å². The molecule has 5 N–H and O–H groups in total. The molecule has 1 unspecified atom stereocenters. The number of nitrogens with two attached hydrogens (primary N) is 1. The summed E-state index contributed by atoms with van der Waals surface area (Å²) in [4.78, 5) is 2.06. The first-order valence-corrected chi connectivity index (χ1v) is 13.9. The van der Waals surface area contributed by atoms with Crippen LogP contribution in [0, 0.1) is 0 Å². The molecule has 4 aromatic carbocycles. The summed E-state index contributed by atoms with van der Waals surface area (Å²) in [6, 6.07) is 32.8. The van der Waals surface area contributed by atoms with Crippen LogP contribution in [0.5, 0.6) is 5.75 Å². The van der Waals surface area contributed by atoms with Crippen molar-refractivity contribution in [1.29, 1.82) is 0 Å². The lowest BCUT2D eigenvalue weighted by molar-refractivity contribution is -0.263. The summed E-state index contributed by atoms with van der Waals surface area (Å²) in [5.41, 5.74) is 11.3. The third kappa shape index (κ3) is 7.02. The number of likely N-dealkylation sites (N-methyl/N-ethyl adjacent to an activating group) is 1. The molecule has 1 fully saturated rings. The van der Waals surface area contributed by atoms with Crippen LogP contribution in [0.25, 0.3) is 0 Å². The minimum Gasteiger partial charge on any atom is -0.508 e. The second-order valence-corrected chi connectivity index (χ2v) is 10.7. The van der Waals surface area contributed by atoms with E-state index in [1.807, 2.05) is 79.8 Å². The topological polar surface area (TPSA) is 108 Å². The van der Waals surface area contributed by atoms with Gasteiger partial charge in [0.25, 0.3) is 0 Å². The van der Waals surface area contributed by atoms with Crippen LogP contribution in [0.1, 0.15) is 57.8 Å². The third-order valence-electron chi connectivity index (χ3n) is 7.69. The van der Waals surface area contributed by atoms with Gasteiger partial charge in [0.05, 0.1) is 24.9 Å². The third-order valence-corrected chi connectivity index (χ3v) is 7.69. The first-order chi connectivity index (χ1) is 19.9. The lowest BCUT2D eigenvalue weighted by Gasteiger charge is -2.44. The molecule has 1 aliphatic heterocycles. The molecule has 7 heteroatoms. The Morgan fingerprint density at radius 2 is 1.49 bits per heavy atom. The lowest BCUT2D eigenvalue weighted by atomic mass is 9.83. The molecule has 0 radical (unpaired) electrons. The standard InChI is InChI=1S/C34H38N2O5/c1-36(20-30(39)28-8-5-9-29(38)18-28)21-31-32(25-6-3-2-4-7-25)33(26-14-12-24(22-37)13-15-26)41-34(40-31)27-16-10-23(19-35)11-17-27/h2-18,30-34,37-39H,19-22,35H2,1H3/t30-,31-,32-,33+,34?/m1/s1. The van der Waals surface area contributed by atoms with Crippen molar-refractivity contribution >= 4 is 0 Å². The molecule has 0 bridgehead atoms. The summed E-state index contributed by atoms with van der Waals surface area (Å²) in [5, 5.41) is 30.4. The van der Waals surface area contributed by atoms with Crippen LogP contribution in [0.2, 0.25) is 0 Å². The maximum atomic E-state index is 10.9. The van der Waals surface area contributed by atoms with Crippen LogP contribution in [-0.4, -0.2) is 46.5 Å². The van der Waals surface area contributed by atoms with E-state index in [1.165, 1.54) is 0 Å². The Bertz CT molecular complexity index is 1380. The number of aromatic hydroxyl groups is 1. The van der Waals surface area contributed by atoms with Gasteiger partial charge in [0.1, 0.15) is 5.75 Å². The molecule has 4 aromatic rings. The maximum absolute atomic E-state index is 10.9. The summed E-state index contributed by atoms with van der Waals surface area (Å²) in [7, 11) is 1.96. The van der Waals surface area contributed by atoms with Gasteiger partial charge in [-0.15, -0.1) is 0 Å². The van der Waals surface area contributed by atoms with Gasteiger partial charge in [-0.1, -0.05) is 91.0 Å². The molecule has 1 aliphatic rings. The highest BCUT2D eigenvalue weighted by Crippen LogP contribution is 2.47. The zero-order valence-electron chi connectivity index (χ0n) is 23.2. The van der Waals surface area contributed by atoms with E-state index >= 15 is 0 Å². The minimum atomic E-state index is -0.774. The Balaban J connectivity index is 1.48. The summed E-state index contributed by atoms with van der Waals surface area (Å²) < 4.78 is 13.5. The van der Waals surface area contributed by atoms with E-state index in [4.69, 9.17) is 15.2 Å². The molecule has 41 heavy (non-hydrogen) atoms. The molecule has 5 rings (SSSR count). The number of benzene rings is 4. The van der Waals surface area contributed by atoms with Gasteiger partial charge in [-0.3, -0.25) is 0 Å². The van der Waals surface area contributed by atoms with Gasteiger partial charge in [-0.2, -0.15) is 0 Å². The lowest BCUT2D eigenvalue weighted by Crippen LogP contribution is -2.44. The van der Waals surface area contributed by atoms with Crippen molar-refractivity contribution in [1.82, 2.24) is 4.90 Å². The molecule has 214 valence electrons. The smallest absolute Gasteiger partial charge is 0.184 e. The SMILES string of the molecule is CN(C[C@@H](O)c1cccc(O)c1)C[C@H]1OC(c2ccc(CN)cc2)O[C@@H](c2ccc(CO)cc2)[C@@H]1c1ccccc1. The predicted molar refractivity (Wildman–Crippen MR) is 158 cm³/mol. The highest BCUT2D eigenvalue weighted by atomic mass is 16.7. The van der Waals surface area contributed by atoms with E-state index in [0.29, 0.717) is 25.2 Å². The molecular formula is C34H38N2O5. The van der Waals surface area contributed by atoms with E-state index in [0.717, 1.165) is 27.8 Å². The molecule has 0 aromatic heterocycles. The summed E-state index contributed by atoms with van der Waals surface area (Å²) in [6.07, 6.45) is -2.00. The Kier molecular flexibility index (Phi) is 9.46. The quantitative estimate of drug-likeness (QED) is 0.220. The predicted octanol–water partition coefficient (Wildman–Crippen LogP) is 4.95. The minimum absolute atomic E-state index is 0.0257. The molecule has 0 spiro atoms. The maximum Gasteiger partial charge on any atom is 0.184 e. The van der Waals surface area contributed by atoms with E-state index < -0.39 is 12.4 Å². The fourth-order valence-corrected chi connectivity index (χ4v) is 5.49. The van der Waals surface area contributed by atoms with Crippen molar-refractivity contribution in [3.63, 3.8) is 0 Å². The van der Waals surface area contributed by atoms with Crippen molar-refractivity contribution in [3.05, 3.63) is 137 Å². The first-order valence-electron chi connectivity index (χ1n) is 13.9. The number of phenolic OH excluding ortho intramolecular Hbond substituents is 1. The Labute approximate surface area is 241 Å². The van der Waals surface area contributed by atoms with Crippen LogP contribution >= 0.6 is 0 Å². The summed E-state index contributed by atoms with van der Waals surface area (Å²) in [5.74, 6) is -0.0178. The molecular weight excluding hydrogens is 516 g/mol. The van der Waals surface area contributed by atoms with E-state index in [1.54, 1.807) is 18.2 Å². The zero-order chi connectivity index (χ0) is 28.8. The Morgan fingerprint density at radius 1 is 0.805 bits per heavy atom. The number of hydrogen-bond donors (Lipinski definition) is 4. The van der Waals surface area contributed by atoms with Crippen LogP contribution in [0.4, 0.5) is 0 Å². The average Bonchev–Trinajstić information content (AvgIpc) is 3.01. The average molecular weight is 555 g/mol. The number of ether oxygens (including phenoxy) is 2. The van der Waals surface area contributed by atoms with Crippen LogP contribution in [0.3, 0.4) is 0 Å². The molecule has 5 atom stereocenters. The van der Waals surface area contributed by atoms with Gasteiger partial charge in [0.15, 0.2) is 6.29 Å². The zero-order valence-corrected chi connectivity index (χ0v) is 23.2. The molecule has 0 aliphatic carbocycles. The van der Waals surface area contributed by atoms with Gasteiger partial charge in [0, 0.05) is 31.1 Å². The molecule has 1 saturated heterocycles. The first kappa shape index (κ1) is 29.0. The largest absolute Gasteiger partial charge is 0.508 e. The van der Waals surface area contributed by atoms with Crippen LogP contribution in [-0.2, 0) is 22.6 Å². The number of rotatable bonds is 10. The molecule has 0 amide bonds.